The van der Waals surface area contributed by atoms with E-state index in [-0.39, 0.29) is 12.4 Å². The Hall–Kier alpha value is -2.42. The van der Waals surface area contributed by atoms with Gasteiger partial charge in [-0.3, -0.25) is 0 Å². The Balaban J connectivity index is 1.67. The van der Waals surface area contributed by atoms with Crippen LogP contribution in [0, 0.1) is 17.1 Å². The number of rotatable bonds is 7. The van der Waals surface area contributed by atoms with Crippen molar-refractivity contribution in [2.24, 2.45) is 0 Å². The summed E-state index contributed by atoms with van der Waals surface area (Å²) >= 11 is 0. The van der Waals surface area contributed by atoms with Gasteiger partial charge in [-0.15, -0.1) is 0 Å². The molecule has 0 heterocycles. The van der Waals surface area contributed by atoms with Crippen LogP contribution in [-0.4, -0.2) is 24.4 Å². The first-order valence-electron chi connectivity index (χ1n) is 6.93. The molecule has 0 amide bonds. The van der Waals surface area contributed by atoms with Crippen molar-refractivity contribution in [3.8, 4) is 11.8 Å². The highest BCUT2D eigenvalue weighted by Crippen LogP contribution is 2.11. The van der Waals surface area contributed by atoms with Gasteiger partial charge in [0, 0.05) is 13.1 Å². The van der Waals surface area contributed by atoms with Crippen LogP contribution in [0.4, 0.5) is 4.39 Å². The second kappa shape index (κ2) is 8.13. The van der Waals surface area contributed by atoms with E-state index in [1.807, 2.05) is 12.1 Å². The summed E-state index contributed by atoms with van der Waals surface area (Å²) in [6, 6.07) is 15.0. The molecule has 0 spiro atoms. The fourth-order valence-electron chi connectivity index (χ4n) is 1.86. The van der Waals surface area contributed by atoms with Crippen molar-refractivity contribution < 1.29 is 14.2 Å². The van der Waals surface area contributed by atoms with Crippen LogP contribution in [-0.2, 0) is 6.54 Å². The number of benzene rings is 2. The van der Waals surface area contributed by atoms with Gasteiger partial charge >= 0.3 is 0 Å². The number of hydrogen-bond donors (Lipinski definition) is 2. The van der Waals surface area contributed by atoms with Gasteiger partial charge in [0.15, 0.2) is 0 Å². The fraction of sp³-hybridized carbons (Fsp3) is 0.235. The summed E-state index contributed by atoms with van der Waals surface area (Å²) in [6.07, 6.45) is -0.663. The Kier molecular flexibility index (Phi) is 5.90. The van der Waals surface area contributed by atoms with Gasteiger partial charge in [-0.25, -0.2) is 4.39 Å². The molecular weight excluding hydrogens is 283 g/mol. The molecule has 5 heteroatoms. The lowest BCUT2D eigenvalue weighted by Gasteiger charge is -2.13. The average molecular weight is 300 g/mol. The lowest BCUT2D eigenvalue weighted by Crippen LogP contribution is -2.31. The van der Waals surface area contributed by atoms with Crippen molar-refractivity contribution in [3.05, 3.63) is 65.5 Å². The summed E-state index contributed by atoms with van der Waals surface area (Å²) in [5.41, 5.74) is 1.65. The topological polar surface area (TPSA) is 65.3 Å². The van der Waals surface area contributed by atoms with Crippen LogP contribution >= 0.6 is 0 Å². The lowest BCUT2D eigenvalue weighted by atomic mass is 10.1. The molecule has 0 aliphatic heterocycles. The molecule has 2 aromatic carbocycles. The quantitative estimate of drug-likeness (QED) is 0.823. The zero-order valence-electron chi connectivity index (χ0n) is 12.0. The van der Waals surface area contributed by atoms with Gasteiger partial charge < -0.3 is 15.2 Å². The molecule has 2 rings (SSSR count). The van der Waals surface area contributed by atoms with Crippen LogP contribution < -0.4 is 10.1 Å². The molecule has 0 aliphatic rings. The van der Waals surface area contributed by atoms with E-state index in [0.717, 1.165) is 5.56 Å². The Morgan fingerprint density at radius 3 is 2.45 bits per heavy atom. The van der Waals surface area contributed by atoms with Gasteiger partial charge in [0.2, 0.25) is 0 Å². The van der Waals surface area contributed by atoms with Crippen molar-refractivity contribution >= 4 is 0 Å². The molecule has 0 radical (unpaired) electrons. The summed E-state index contributed by atoms with van der Waals surface area (Å²) < 4.78 is 18.1. The van der Waals surface area contributed by atoms with Gasteiger partial charge in [0.25, 0.3) is 0 Å². The van der Waals surface area contributed by atoms with Gasteiger partial charge in [-0.2, -0.15) is 5.26 Å². The first-order valence-corrected chi connectivity index (χ1v) is 6.93. The zero-order valence-corrected chi connectivity index (χ0v) is 12.0. The summed E-state index contributed by atoms with van der Waals surface area (Å²) in [5.74, 6) is 0.199. The Morgan fingerprint density at radius 1 is 1.14 bits per heavy atom. The highest BCUT2D eigenvalue weighted by Gasteiger charge is 2.05. The highest BCUT2D eigenvalue weighted by molar-refractivity contribution is 5.31. The average Bonchev–Trinajstić information content (AvgIpc) is 2.55. The maximum atomic E-state index is 12.7. The van der Waals surface area contributed by atoms with Crippen molar-refractivity contribution in [2.75, 3.05) is 13.2 Å². The zero-order chi connectivity index (χ0) is 15.8. The first kappa shape index (κ1) is 16.0. The summed E-state index contributed by atoms with van der Waals surface area (Å²) in [4.78, 5) is 0. The van der Waals surface area contributed by atoms with E-state index in [9.17, 15) is 9.50 Å². The monoisotopic (exact) mass is 300 g/mol. The van der Waals surface area contributed by atoms with Crippen molar-refractivity contribution in [2.45, 2.75) is 12.6 Å². The maximum Gasteiger partial charge on any atom is 0.123 e. The van der Waals surface area contributed by atoms with Crippen molar-refractivity contribution in [3.63, 3.8) is 0 Å². The Bertz CT molecular complexity index is 621. The van der Waals surface area contributed by atoms with Crippen LogP contribution in [0.2, 0.25) is 0 Å². The molecule has 0 bridgehead atoms. The minimum Gasteiger partial charge on any atom is -0.491 e. The third-order valence-electron chi connectivity index (χ3n) is 3.05. The maximum absolute atomic E-state index is 12.7. The first-order chi connectivity index (χ1) is 10.7. The molecule has 0 aliphatic carbocycles. The van der Waals surface area contributed by atoms with E-state index in [4.69, 9.17) is 10.00 Å². The normalized spacial score (nSPS) is 11.7. The van der Waals surface area contributed by atoms with E-state index >= 15 is 0 Å². The van der Waals surface area contributed by atoms with E-state index in [1.54, 1.807) is 12.1 Å². The molecule has 0 saturated heterocycles. The van der Waals surface area contributed by atoms with E-state index in [1.165, 1.54) is 24.3 Å². The molecule has 1 atom stereocenters. The van der Waals surface area contributed by atoms with E-state index in [0.29, 0.717) is 24.4 Å². The number of nitrogens with one attached hydrogen (secondary N) is 1. The van der Waals surface area contributed by atoms with E-state index < -0.39 is 6.10 Å². The molecule has 2 aromatic rings. The number of aliphatic hydroxyl groups excluding tert-OH is 1. The minimum atomic E-state index is -0.663. The smallest absolute Gasteiger partial charge is 0.123 e. The summed E-state index contributed by atoms with van der Waals surface area (Å²) in [5, 5.41) is 21.6. The summed E-state index contributed by atoms with van der Waals surface area (Å²) in [7, 11) is 0. The standard InChI is InChI=1S/C17H17FN2O2/c18-15-5-7-17(8-6-15)22-12-16(21)11-20-10-14-3-1-13(9-19)2-4-14/h1-8,16,20-21H,10-12H2/t16-/m1/s1. The fourth-order valence-corrected chi connectivity index (χ4v) is 1.86. The third-order valence-corrected chi connectivity index (χ3v) is 3.05. The summed E-state index contributed by atoms with van der Waals surface area (Å²) in [6.45, 7) is 1.10. The van der Waals surface area contributed by atoms with Crippen molar-refractivity contribution in [1.29, 1.82) is 5.26 Å². The molecule has 0 fully saturated rings. The predicted molar refractivity (Wildman–Crippen MR) is 80.8 cm³/mol. The molecule has 2 N–H and O–H groups in total. The predicted octanol–water partition coefficient (Wildman–Crippen LogP) is 2.23. The molecule has 0 unspecified atom stereocenters. The molecular formula is C17H17FN2O2. The third kappa shape index (κ3) is 5.17. The number of nitrogens with zero attached hydrogens (tertiary/aromatic N) is 1. The minimum absolute atomic E-state index is 0.131. The van der Waals surface area contributed by atoms with Crippen LogP contribution in [0.25, 0.3) is 0 Å². The Labute approximate surface area is 128 Å². The largest absolute Gasteiger partial charge is 0.491 e. The van der Waals surface area contributed by atoms with Crippen LogP contribution in [0.1, 0.15) is 11.1 Å². The van der Waals surface area contributed by atoms with Gasteiger partial charge in [0.1, 0.15) is 24.3 Å². The molecule has 0 aromatic heterocycles. The molecule has 114 valence electrons. The number of hydrogen-bond acceptors (Lipinski definition) is 4. The van der Waals surface area contributed by atoms with Crippen LogP contribution in [0.3, 0.4) is 0 Å². The second-order valence-electron chi connectivity index (χ2n) is 4.86. The number of halogens is 1. The van der Waals surface area contributed by atoms with E-state index in [2.05, 4.69) is 11.4 Å². The molecule has 4 nitrogen and oxygen atoms in total. The molecule has 22 heavy (non-hydrogen) atoms. The van der Waals surface area contributed by atoms with Gasteiger partial charge in [-0.05, 0) is 42.0 Å². The molecule has 0 saturated carbocycles. The lowest BCUT2D eigenvalue weighted by molar-refractivity contribution is 0.106. The number of ether oxygens (including phenoxy) is 1. The van der Waals surface area contributed by atoms with Gasteiger partial charge in [0.05, 0.1) is 11.6 Å². The highest BCUT2D eigenvalue weighted by atomic mass is 19.1. The number of nitriles is 1. The van der Waals surface area contributed by atoms with Crippen LogP contribution in [0.5, 0.6) is 5.75 Å². The van der Waals surface area contributed by atoms with Crippen molar-refractivity contribution in [1.82, 2.24) is 5.32 Å². The second-order valence-corrected chi connectivity index (χ2v) is 4.86. The SMILES string of the molecule is N#Cc1ccc(CNC[C@@H](O)COc2ccc(F)cc2)cc1. The number of aliphatic hydroxyl groups is 1. The van der Waals surface area contributed by atoms with Crippen LogP contribution in [0.15, 0.2) is 48.5 Å². The van der Waals surface area contributed by atoms with Gasteiger partial charge in [-0.1, -0.05) is 12.1 Å². The Morgan fingerprint density at radius 2 is 1.82 bits per heavy atom.